The fourth-order valence-electron chi connectivity index (χ4n) is 5.38. The molecule has 2 aliphatic rings. The fraction of sp³-hybridized carbons (Fsp3) is 0.500. The van der Waals surface area contributed by atoms with Crippen molar-refractivity contribution in [1.29, 1.82) is 0 Å². The number of hydrogen-bond acceptors (Lipinski definition) is 4. The van der Waals surface area contributed by atoms with Crippen LogP contribution in [0, 0.1) is 23.6 Å². The van der Waals surface area contributed by atoms with E-state index in [1.54, 1.807) is 12.1 Å². The Labute approximate surface area is 213 Å². The quantitative estimate of drug-likeness (QED) is 0.481. The van der Waals surface area contributed by atoms with Gasteiger partial charge in [-0.2, -0.15) is 0 Å². The van der Waals surface area contributed by atoms with Crippen LogP contribution in [0.4, 0.5) is 10.1 Å². The van der Waals surface area contributed by atoms with Crippen LogP contribution in [0.2, 0.25) is 0 Å². The number of benzene rings is 2. The Morgan fingerprint density at radius 3 is 2.17 bits per heavy atom. The Balaban J connectivity index is 1.42. The van der Waals surface area contributed by atoms with Crippen molar-refractivity contribution >= 4 is 27.3 Å². The van der Waals surface area contributed by atoms with E-state index in [2.05, 4.69) is 24.5 Å². The molecule has 0 aliphatic heterocycles. The van der Waals surface area contributed by atoms with E-state index in [4.69, 9.17) is 0 Å². The molecule has 4 rings (SSSR count). The van der Waals surface area contributed by atoms with Crippen LogP contribution in [0.5, 0.6) is 0 Å². The van der Waals surface area contributed by atoms with Gasteiger partial charge in [-0.1, -0.05) is 26.0 Å². The van der Waals surface area contributed by atoms with Gasteiger partial charge in [0.1, 0.15) is 5.82 Å². The molecule has 0 radical (unpaired) electrons. The van der Waals surface area contributed by atoms with Crippen molar-refractivity contribution in [3.63, 3.8) is 0 Å². The minimum absolute atomic E-state index is 0.0635. The predicted octanol–water partition coefficient (Wildman–Crippen LogP) is 5.44. The predicted molar refractivity (Wildman–Crippen MR) is 138 cm³/mol. The van der Waals surface area contributed by atoms with Crippen LogP contribution in [0.15, 0.2) is 47.4 Å². The van der Waals surface area contributed by atoms with Gasteiger partial charge in [0.2, 0.25) is 5.91 Å². The number of halogens is 1. The van der Waals surface area contributed by atoms with Crippen molar-refractivity contribution in [1.82, 2.24) is 5.32 Å². The van der Waals surface area contributed by atoms with Crippen molar-refractivity contribution in [2.24, 2.45) is 17.8 Å². The molecule has 8 heteroatoms. The third-order valence-corrected chi connectivity index (χ3v) is 9.07. The molecule has 2 fully saturated rings. The maximum atomic E-state index is 14.2. The zero-order valence-electron chi connectivity index (χ0n) is 21.1. The van der Waals surface area contributed by atoms with Gasteiger partial charge < -0.3 is 10.6 Å². The van der Waals surface area contributed by atoms with Crippen LogP contribution in [0.25, 0.3) is 0 Å². The molecule has 0 spiro atoms. The summed E-state index contributed by atoms with van der Waals surface area (Å²) in [7, 11) is -3.57. The number of anilines is 1. The summed E-state index contributed by atoms with van der Waals surface area (Å²) in [6, 6.07) is 10.4. The molecule has 2 aromatic rings. The molecule has 2 aliphatic carbocycles. The van der Waals surface area contributed by atoms with Gasteiger partial charge in [0.05, 0.1) is 16.0 Å². The number of sulfone groups is 1. The van der Waals surface area contributed by atoms with Gasteiger partial charge >= 0.3 is 0 Å². The number of rotatable bonds is 7. The van der Waals surface area contributed by atoms with E-state index in [-0.39, 0.29) is 27.8 Å². The molecule has 2 saturated carbocycles. The van der Waals surface area contributed by atoms with Gasteiger partial charge in [-0.25, -0.2) is 12.8 Å². The highest BCUT2D eigenvalue weighted by atomic mass is 32.2. The summed E-state index contributed by atoms with van der Waals surface area (Å²) >= 11 is 0. The van der Waals surface area contributed by atoms with Gasteiger partial charge in [0.25, 0.3) is 5.91 Å². The van der Waals surface area contributed by atoms with Crippen LogP contribution in [0.1, 0.15) is 74.7 Å². The van der Waals surface area contributed by atoms with E-state index >= 15 is 0 Å². The lowest BCUT2D eigenvalue weighted by atomic mass is 9.70. The summed E-state index contributed by atoms with van der Waals surface area (Å²) in [4.78, 5) is 25.6. The number of carbonyl (C=O) groups is 2. The first-order valence-corrected chi connectivity index (χ1v) is 14.6. The molecular formula is C28H35FN2O4S. The van der Waals surface area contributed by atoms with Crippen LogP contribution in [-0.4, -0.2) is 26.5 Å². The van der Waals surface area contributed by atoms with Crippen molar-refractivity contribution in [2.45, 2.75) is 69.2 Å². The van der Waals surface area contributed by atoms with E-state index in [1.807, 2.05) is 12.1 Å². The standard InChI is InChI=1S/C28H35FN2O4S/c1-18(2)19-5-7-20(8-6-19)26(32)31-28(15-4-16-28)21-9-11-22(12-10-21)30-27(33)24-17-23(36(3,34)35)13-14-25(24)29/h9-14,17-20H,4-8,15-16H2,1-3H3,(H,30,33)(H,31,32). The Kier molecular flexibility index (Phi) is 7.55. The average molecular weight is 515 g/mol. The SMILES string of the molecule is CC(C)C1CCC(C(=O)NC2(c3ccc(NC(=O)c4cc(S(C)(=O)=O)ccc4F)cc3)CCC2)CC1. The summed E-state index contributed by atoms with van der Waals surface area (Å²) < 4.78 is 37.8. The summed E-state index contributed by atoms with van der Waals surface area (Å²) in [5.41, 5.74) is 0.726. The van der Waals surface area contributed by atoms with E-state index in [9.17, 15) is 22.4 Å². The van der Waals surface area contributed by atoms with Gasteiger partial charge in [-0.05, 0) is 92.7 Å². The summed E-state index contributed by atoms with van der Waals surface area (Å²) in [6.07, 6.45) is 7.86. The largest absolute Gasteiger partial charge is 0.346 e. The lowest BCUT2D eigenvalue weighted by Gasteiger charge is -2.44. The molecule has 0 bridgehead atoms. The second-order valence-corrected chi connectivity index (χ2v) is 12.7. The zero-order chi connectivity index (χ0) is 26.1. The second-order valence-electron chi connectivity index (χ2n) is 10.7. The highest BCUT2D eigenvalue weighted by Gasteiger charge is 2.41. The maximum absolute atomic E-state index is 14.2. The Bertz CT molecular complexity index is 1230. The highest BCUT2D eigenvalue weighted by molar-refractivity contribution is 7.90. The van der Waals surface area contributed by atoms with E-state index in [0.717, 1.165) is 75.0 Å². The molecule has 0 heterocycles. The van der Waals surface area contributed by atoms with E-state index in [1.165, 1.54) is 0 Å². The highest BCUT2D eigenvalue weighted by Crippen LogP contribution is 2.43. The first-order valence-electron chi connectivity index (χ1n) is 12.7. The van der Waals surface area contributed by atoms with E-state index < -0.39 is 21.6 Å². The van der Waals surface area contributed by atoms with Gasteiger partial charge in [-0.3, -0.25) is 9.59 Å². The van der Waals surface area contributed by atoms with Crippen LogP contribution >= 0.6 is 0 Å². The van der Waals surface area contributed by atoms with Crippen molar-refractivity contribution < 1.29 is 22.4 Å². The van der Waals surface area contributed by atoms with Crippen molar-refractivity contribution in [3.05, 3.63) is 59.4 Å². The van der Waals surface area contributed by atoms with Gasteiger partial charge in [-0.15, -0.1) is 0 Å². The minimum atomic E-state index is -3.57. The Hall–Kier alpha value is -2.74. The Morgan fingerprint density at radius 1 is 1.00 bits per heavy atom. The molecular weight excluding hydrogens is 479 g/mol. The number of nitrogens with one attached hydrogen (secondary N) is 2. The molecule has 6 nitrogen and oxygen atoms in total. The van der Waals surface area contributed by atoms with Crippen molar-refractivity contribution in [3.8, 4) is 0 Å². The lowest BCUT2D eigenvalue weighted by molar-refractivity contribution is -0.129. The van der Waals surface area contributed by atoms with Crippen LogP contribution in [0.3, 0.4) is 0 Å². The van der Waals surface area contributed by atoms with Crippen LogP contribution < -0.4 is 10.6 Å². The zero-order valence-corrected chi connectivity index (χ0v) is 22.0. The molecule has 2 amide bonds. The lowest BCUT2D eigenvalue weighted by Crippen LogP contribution is -2.52. The monoisotopic (exact) mass is 514 g/mol. The summed E-state index contributed by atoms with van der Waals surface area (Å²) in [5, 5.41) is 5.98. The average Bonchev–Trinajstić information content (AvgIpc) is 2.81. The minimum Gasteiger partial charge on any atom is -0.346 e. The molecule has 2 N–H and O–H groups in total. The van der Waals surface area contributed by atoms with E-state index in [0.29, 0.717) is 17.5 Å². The number of carbonyl (C=O) groups excluding carboxylic acids is 2. The number of amides is 2. The molecule has 0 saturated heterocycles. The molecule has 194 valence electrons. The summed E-state index contributed by atoms with van der Waals surface area (Å²) in [6.45, 7) is 4.51. The number of hydrogen-bond donors (Lipinski definition) is 2. The van der Waals surface area contributed by atoms with Crippen LogP contribution in [-0.2, 0) is 20.2 Å². The van der Waals surface area contributed by atoms with Gasteiger partial charge in [0, 0.05) is 17.9 Å². The molecule has 0 aromatic heterocycles. The molecule has 0 atom stereocenters. The Morgan fingerprint density at radius 2 is 1.64 bits per heavy atom. The topological polar surface area (TPSA) is 92.3 Å². The first-order chi connectivity index (χ1) is 17.0. The third-order valence-electron chi connectivity index (χ3n) is 7.96. The summed E-state index contributed by atoms with van der Waals surface area (Å²) in [5.74, 6) is 0.0385. The normalized spacial score (nSPS) is 21.5. The molecule has 0 unspecified atom stereocenters. The first kappa shape index (κ1) is 26.3. The van der Waals surface area contributed by atoms with Crippen molar-refractivity contribution in [2.75, 3.05) is 11.6 Å². The smallest absolute Gasteiger partial charge is 0.258 e. The second kappa shape index (κ2) is 10.3. The molecule has 36 heavy (non-hydrogen) atoms. The molecule has 2 aromatic carbocycles. The maximum Gasteiger partial charge on any atom is 0.258 e. The fourth-order valence-corrected chi connectivity index (χ4v) is 6.03. The van der Waals surface area contributed by atoms with Gasteiger partial charge in [0.15, 0.2) is 9.84 Å². The third kappa shape index (κ3) is 5.64.